The first kappa shape index (κ1) is 16.4. The van der Waals surface area contributed by atoms with Crippen LogP contribution in [0.1, 0.15) is 5.69 Å². The molecular weight excluding hydrogens is 311 g/mol. The Labute approximate surface area is 139 Å². The molecule has 0 saturated carbocycles. The maximum atomic E-state index is 13.8. The van der Waals surface area contributed by atoms with E-state index in [1.807, 2.05) is 11.0 Å². The molecule has 2 aromatic rings. The lowest BCUT2D eigenvalue weighted by Gasteiger charge is -2.36. The molecule has 128 valence electrons. The van der Waals surface area contributed by atoms with Gasteiger partial charge in [-0.3, -0.25) is 14.3 Å². The van der Waals surface area contributed by atoms with Gasteiger partial charge in [-0.05, 0) is 19.1 Å². The van der Waals surface area contributed by atoms with Crippen LogP contribution in [0.3, 0.4) is 0 Å². The zero-order chi connectivity index (χ0) is 17.1. The molecule has 1 aromatic carbocycles. The van der Waals surface area contributed by atoms with E-state index in [0.29, 0.717) is 24.5 Å². The Hall–Kier alpha value is -2.41. The third kappa shape index (κ3) is 3.56. The first-order valence-corrected chi connectivity index (χ1v) is 8.07. The Balaban J connectivity index is 1.58. The zero-order valence-corrected chi connectivity index (χ0v) is 13.7. The van der Waals surface area contributed by atoms with Gasteiger partial charge < -0.3 is 9.88 Å². The summed E-state index contributed by atoms with van der Waals surface area (Å²) in [7, 11) is 0. The number of aryl methyl sites for hydroxylation is 1. The van der Waals surface area contributed by atoms with Crippen molar-refractivity contribution in [2.75, 3.05) is 37.6 Å². The fraction of sp³-hybridized carbons (Fsp3) is 0.412. The van der Waals surface area contributed by atoms with E-state index < -0.39 is 0 Å². The highest BCUT2D eigenvalue weighted by Gasteiger charge is 2.19. The van der Waals surface area contributed by atoms with Crippen molar-refractivity contribution in [3.63, 3.8) is 0 Å². The maximum absolute atomic E-state index is 13.8. The summed E-state index contributed by atoms with van der Waals surface area (Å²) in [4.78, 5) is 30.6. The van der Waals surface area contributed by atoms with Crippen LogP contribution < -0.4 is 16.1 Å². The van der Waals surface area contributed by atoms with Crippen LogP contribution in [0.2, 0.25) is 0 Å². The van der Waals surface area contributed by atoms with Crippen LogP contribution in [0.15, 0.2) is 39.9 Å². The molecule has 3 rings (SSSR count). The Morgan fingerprint density at radius 2 is 1.79 bits per heavy atom. The lowest BCUT2D eigenvalue weighted by atomic mass is 10.2. The van der Waals surface area contributed by atoms with E-state index in [9.17, 15) is 14.0 Å². The molecule has 0 spiro atoms. The maximum Gasteiger partial charge on any atom is 0.328 e. The second-order valence-corrected chi connectivity index (χ2v) is 6.03. The van der Waals surface area contributed by atoms with Gasteiger partial charge in [0, 0.05) is 51.0 Å². The minimum Gasteiger partial charge on any atom is -0.367 e. The van der Waals surface area contributed by atoms with Gasteiger partial charge in [0.25, 0.3) is 5.56 Å². The number of nitrogens with one attached hydrogen (secondary N) is 1. The fourth-order valence-corrected chi connectivity index (χ4v) is 3.01. The van der Waals surface area contributed by atoms with E-state index in [1.54, 1.807) is 19.1 Å². The molecule has 1 aromatic heterocycles. The van der Waals surface area contributed by atoms with E-state index >= 15 is 0 Å². The third-order valence-electron chi connectivity index (χ3n) is 4.36. The highest BCUT2D eigenvalue weighted by atomic mass is 19.1. The van der Waals surface area contributed by atoms with Crippen molar-refractivity contribution in [1.82, 2.24) is 14.5 Å². The van der Waals surface area contributed by atoms with E-state index in [2.05, 4.69) is 9.88 Å². The predicted molar refractivity (Wildman–Crippen MR) is 91.1 cm³/mol. The number of hydrogen-bond donors (Lipinski definition) is 1. The fourth-order valence-electron chi connectivity index (χ4n) is 3.01. The van der Waals surface area contributed by atoms with E-state index in [4.69, 9.17) is 0 Å². The average molecular weight is 332 g/mol. The zero-order valence-electron chi connectivity index (χ0n) is 13.7. The first-order chi connectivity index (χ1) is 11.5. The molecule has 6 nitrogen and oxygen atoms in total. The van der Waals surface area contributed by atoms with Gasteiger partial charge in [-0.15, -0.1) is 0 Å². The Morgan fingerprint density at radius 1 is 1.08 bits per heavy atom. The molecule has 0 bridgehead atoms. The van der Waals surface area contributed by atoms with Crippen molar-refractivity contribution in [2.24, 2.45) is 0 Å². The van der Waals surface area contributed by atoms with Crippen molar-refractivity contribution in [3.05, 3.63) is 62.7 Å². The summed E-state index contributed by atoms with van der Waals surface area (Å²) in [6.07, 6.45) is 0. The SMILES string of the molecule is Cc1cc(=O)n(CCN2CCN(c3ccccc3F)CC2)c(=O)[nH]1. The molecule has 2 heterocycles. The number of piperazine rings is 1. The van der Waals surface area contributed by atoms with E-state index in [1.165, 1.54) is 16.7 Å². The molecule has 1 aliphatic heterocycles. The van der Waals surface area contributed by atoms with Gasteiger partial charge in [0.2, 0.25) is 0 Å². The molecule has 7 heteroatoms. The number of anilines is 1. The number of halogens is 1. The number of H-pyrrole nitrogens is 1. The number of hydrogen-bond acceptors (Lipinski definition) is 4. The van der Waals surface area contributed by atoms with Crippen LogP contribution in [-0.2, 0) is 6.54 Å². The van der Waals surface area contributed by atoms with Crippen molar-refractivity contribution in [2.45, 2.75) is 13.5 Å². The molecule has 0 radical (unpaired) electrons. The molecular formula is C17H21FN4O2. The van der Waals surface area contributed by atoms with E-state index in [0.717, 1.165) is 26.2 Å². The van der Waals surface area contributed by atoms with Crippen molar-refractivity contribution >= 4 is 5.69 Å². The van der Waals surface area contributed by atoms with Gasteiger partial charge in [0.1, 0.15) is 5.82 Å². The second kappa shape index (κ2) is 7.00. The van der Waals surface area contributed by atoms with Gasteiger partial charge in [-0.2, -0.15) is 0 Å². The minimum absolute atomic E-state index is 0.205. The van der Waals surface area contributed by atoms with Gasteiger partial charge in [0.05, 0.1) is 5.69 Å². The first-order valence-electron chi connectivity index (χ1n) is 8.07. The molecule has 24 heavy (non-hydrogen) atoms. The number of benzene rings is 1. The van der Waals surface area contributed by atoms with Crippen LogP contribution >= 0.6 is 0 Å². The Kier molecular flexibility index (Phi) is 4.80. The van der Waals surface area contributed by atoms with Crippen LogP contribution in [0.25, 0.3) is 0 Å². The van der Waals surface area contributed by atoms with Crippen LogP contribution in [0.4, 0.5) is 10.1 Å². The van der Waals surface area contributed by atoms with Gasteiger partial charge in [0.15, 0.2) is 0 Å². The quantitative estimate of drug-likeness (QED) is 0.900. The lowest BCUT2D eigenvalue weighted by molar-refractivity contribution is 0.245. The Morgan fingerprint density at radius 3 is 2.46 bits per heavy atom. The molecule has 0 aliphatic carbocycles. The topological polar surface area (TPSA) is 61.3 Å². The van der Waals surface area contributed by atoms with Gasteiger partial charge in [-0.1, -0.05) is 12.1 Å². The highest BCUT2D eigenvalue weighted by Crippen LogP contribution is 2.19. The number of aromatic amines is 1. The summed E-state index contributed by atoms with van der Waals surface area (Å²) >= 11 is 0. The largest absolute Gasteiger partial charge is 0.367 e. The normalized spacial score (nSPS) is 15.7. The van der Waals surface area contributed by atoms with Crippen molar-refractivity contribution in [1.29, 1.82) is 0 Å². The minimum atomic E-state index is -0.370. The van der Waals surface area contributed by atoms with Gasteiger partial charge in [-0.25, -0.2) is 9.18 Å². The van der Waals surface area contributed by atoms with Crippen LogP contribution in [0.5, 0.6) is 0 Å². The molecule has 1 saturated heterocycles. The summed E-state index contributed by atoms with van der Waals surface area (Å²) in [5.41, 5.74) is 0.550. The molecule has 0 amide bonds. The lowest BCUT2D eigenvalue weighted by Crippen LogP contribution is -2.48. The monoisotopic (exact) mass is 332 g/mol. The molecule has 1 N–H and O–H groups in total. The molecule has 1 aliphatic rings. The Bertz CT molecular complexity index is 791. The van der Waals surface area contributed by atoms with Crippen LogP contribution in [-0.4, -0.2) is 47.2 Å². The van der Waals surface area contributed by atoms with Crippen molar-refractivity contribution in [3.8, 4) is 0 Å². The number of nitrogens with zero attached hydrogens (tertiary/aromatic N) is 3. The van der Waals surface area contributed by atoms with Crippen LogP contribution in [0, 0.1) is 12.7 Å². The molecule has 1 fully saturated rings. The number of rotatable bonds is 4. The van der Waals surface area contributed by atoms with E-state index in [-0.39, 0.29) is 17.1 Å². The third-order valence-corrected chi connectivity index (χ3v) is 4.36. The summed E-state index contributed by atoms with van der Waals surface area (Å²) in [5.74, 6) is -0.205. The smallest absolute Gasteiger partial charge is 0.328 e. The van der Waals surface area contributed by atoms with Gasteiger partial charge >= 0.3 is 5.69 Å². The average Bonchev–Trinajstić information content (AvgIpc) is 2.55. The molecule has 0 atom stereocenters. The summed E-state index contributed by atoms with van der Waals surface area (Å²) < 4.78 is 15.0. The summed E-state index contributed by atoms with van der Waals surface area (Å²) in [6, 6.07) is 8.21. The highest BCUT2D eigenvalue weighted by molar-refractivity contribution is 5.47. The van der Waals surface area contributed by atoms with Crippen molar-refractivity contribution < 1.29 is 4.39 Å². The molecule has 0 unspecified atom stereocenters. The summed E-state index contributed by atoms with van der Waals surface area (Å²) in [6.45, 7) is 5.65. The predicted octanol–water partition coefficient (Wildman–Crippen LogP) is 0.806. The summed E-state index contributed by atoms with van der Waals surface area (Å²) in [5, 5.41) is 0. The second-order valence-electron chi connectivity index (χ2n) is 6.03. The standard InChI is InChI=1S/C17H21FN4O2/c1-13-12-16(23)22(17(24)19-13)11-8-20-6-9-21(10-7-20)15-5-3-2-4-14(15)18/h2-5,12H,6-11H2,1H3,(H,19,24). The number of para-hydroxylation sites is 1. The number of aromatic nitrogens is 2.